The molecule has 0 N–H and O–H groups in total. The Labute approximate surface area is 226 Å². The van der Waals surface area contributed by atoms with Crippen LogP contribution in [0.25, 0.3) is 0 Å². The van der Waals surface area contributed by atoms with Gasteiger partial charge >= 0.3 is 0 Å². The molecule has 2 aromatic rings. The van der Waals surface area contributed by atoms with Crippen LogP contribution in [0.15, 0.2) is 42.5 Å². The van der Waals surface area contributed by atoms with Crippen LogP contribution in [0.3, 0.4) is 0 Å². The Balaban J connectivity index is 1.54. The van der Waals surface area contributed by atoms with Gasteiger partial charge in [-0.05, 0) is 61.2 Å². The predicted molar refractivity (Wildman–Crippen MR) is 149 cm³/mol. The molecule has 0 spiro atoms. The Kier molecular flexibility index (Phi) is 9.38. The van der Waals surface area contributed by atoms with Crippen LogP contribution in [0.2, 0.25) is 5.02 Å². The molecule has 2 atom stereocenters. The summed E-state index contributed by atoms with van der Waals surface area (Å²) in [6, 6.07) is 13.2. The molecular formula is C30H41ClN2O4. The summed E-state index contributed by atoms with van der Waals surface area (Å²) in [5, 5.41) is 0.656. The Morgan fingerprint density at radius 3 is 2.32 bits per heavy atom. The zero-order chi connectivity index (χ0) is 26.4. The van der Waals surface area contributed by atoms with Crippen LogP contribution in [0.4, 0.5) is 5.69 Å². The summed E-state index contributed by atoms with van der Waals surface area (Å²) >= 11 is 6.10. The van der Waals surface area contributed by atoms with Crippen LogP contribution in [0.1, 0.15) is 64.4 Å². The van der Waals surface area contributed by atoms with Gasteiger partial charge in [0.1, 0.15) is 12.8 Å². The monoisotopic (exact) mass is 528 g/mol. The number of halogens is 1. The molecule has 1 amide bonds. The summed E-state index contributed by atoms with van der Waals surface area (Å²) in [4.78, 5) is 18.0. The SMILES string of the molecule is COc1ccc(N2C(=O)C(c3ccc(Cl)cc3)CC2OCC(C)(C)C)cc1OCCN1CCCCCC1. The molecule has 6 nitrogen and oxygen atoms in total. The lowest BCUT2D eigenvalue weighted by atomic mass is 9.97. The van der Waals surface area contributed by atoms with Crippen molar-refractivity contribution in [3.05, 3.63) is 53.1 Å². The minimum absolute atomic E-state index is 0.0157. The second-order valence-electron chi connectivity index (χ2n) is 11.3. The van der Waals surface area contributed by atoms with E-state index in [9.17, 15) is 4.79 Å². The molecular weight excluding hydrogens is 488 g/mol. The summed E-state index contributed by atoms with van der Waals surface area (Å²) in [7, 11) is 1.64. The number of ether oxygens (including phenoxy) is 3. The van der Waals surface area contributed by atoms with Gasteiger partial charge in [-0.1, -0.05) is 57.3 Å². The number of anilines is 1. The zero-order valence-electron chi connectivity index (χ0n) is 22.7. The van der Waals surface area contributed by atoms with Crippen molar-refractivity contribution in [3.8, 4) is 11.5 Å². The molecule has 2 heterocycles. The van der Waals surface area contributed by atoms with Gasteiger partial charge in [-0.15, -0.1) is 0 Å². The third-order valence-corrected chi connectivity index (χ3v) is 7.28. The third-order valence-electron chi connectivity index (χ3n) is 7.03. The Hall–Kier alpha value is -2.28. The molecule has 0 saturated carbocycles. The minimum Gasteiger partial charge on any atom is -0.493 e. The van der Waals surface area contributed by atoms with Gasteiger partial charge in [0, 0.05) is 24.1 Å². The fourth-order valence-electron chi connectivity index (χ4n) is 5.05. The Bertz CT molecular complexity index is 1030. The molecule has 7 heteroatoms. The number of rotatable bonds is 9. The number of carbonyl (C=O) groups is 1. The van der Waals surface area contributed by atoms with E-state index in [4.69, 9.17) is 25.8 Å². The van der Waals surface area contributed by atoms with Gasteiger partial charge < -0.3 is 14.2 Å². The lowest BCUT2D eigenvalue weighted by Crippen LogP contribution is -2.37. The van der Waals surface area contributed by atoms with Crippen molar-refractivity contribution in [1.29, 1.82) is 0 Å². The number of hydrogen-bond donors (Lipinski definition) is 0. The molecule has 2 saturated heterocycles. The van der Waals surface area contributed by atoms with Crippen LogP contribution in [-0.2, 0) is 9.53 Å². The maximum atomic E-state index is 13.8. The molecule has 202 valence electrons. The molecule has 2 unspecified atom stereocenters. The number of hydrogen-bond acceptors (Lipinski definition) is 5. The first-order valence-electron chi connectivity index (χ1n) is 13.5. The number of likely N-dealkylation sites (tertiary alicyclic amines) is 1. The molecule has 2 aliphatic heterocycles. The number of nitrogens with zero attached hydrogens (tertiary/aromatic N) is 2. The van der Waals surface area contributed by atoms with Crippen LogP contribution >= 0.6 is 11.6 Å². The fraction of sp³-hybridized carbons (Fsp3) is 0.567. The molecule has 37 heavy (non-hydrogen) atoms. The van der Waals surface area contributed by atoms with Crippen molar-refractivity contribution in [3.63, 3.8) is 0 Å². The first-order chi connectivity index (χ1) is 17.7. The van der Waals surface area contributed by atoms with Gasteiger partial charge in [-0.3, -0.25) is 14.6 Å². The lowest BCUT2D eigenvalue weighted by molar-refractivity contribution is -0.119. The predicted octanol–water partition coefficient (Wildman–Crippen LogP) is 6.51. The molecule has 4 rings (SSSR count). The third kappa shape index (κ3) is 7.40. The first-order valence-corrected chi connectivity index (χ1v) is 13.9. The normalized spacial score (nSPS) is 21.2. The van der Waals surface area contributed by atoms with E-state index < -0.39 is 0 Å². The van der Waals surface area contributed by atoms with Crippen molar-refractivity contribution >= 4 is 23.2 Å². The largest absolute Gasteiger partial charge is 0.493 e. The molecule has 2 fully saturated rings. The quantitative estimate of drug-likeness (QED) is 0.371. The standard InChI is InChI=1S/C30H41ClN2O4/c1-30(2,3)21-37-28-20-25(22-9-11-23(31)12-10-22)29(34)33(28)24-13-14-26(35-4)27(19-24)36-18-17-32-15-7-5-6-8-16-32/h9-14,19,25,28H,5-8,15-18,20-21H2,1-4H3. The molecule has 0 bridgehead atoms. The van der Waals surface area contributed by atoms with E-state index in [0.717, 1.165) is 30.9 Å². The van der Waals surface area contributed by atoms with Crippen molar-refractivity contribution in [1.82, 2.24) is 4.90 Å². The van der Waals surface area contributed by atoms with Gasteiger partial charge in [0.2, 0.25) is 5.91 Å². The molecule has 2 aliphatic rings. The molecule has 0 radical (unpaired) electrons. The van der Waals surface area contributed by atoms with E-state index in [1.165, 1.54) is 25.7 Å². The van der Waals surface area contributed by atoms with Crippen molar-refractivity contribution in [2.24, 2.45) is 5.41 Å². The zero-order valence-corrected chi connectivity index (χ0v) is 23.4. The van der Waals surface area contributed by atoms with Crippen LogP contribution in [0.5, 0.6) is 11.5 Å². The van der Waals surface area contributed by atoms with Gasteiger partial charge in [-0.25, -0.2) is 0 Å². The van der Waals surface area contributed by atoms with Crippen molar-refractivity contribution in [2.45, 2.75) is 65.0 Å². The van der Waals surface area contributed by atoms with Crippen LogP contribution < -0.4 is 14.4 Å². The van der Waals surface area contributed by atoms with E-state index in [1.54, 1.807) is 12.0 Å². The molecule has 0 aliphatic carbocycles. The summed E-state index contributed by atoms with van der Waals surface area (Å²) in [5.74, 6) is 1.03. The fourth-order valence-corrected chi connectivity index (χ4v) is 5.17. The summed E-state index contributed by atoms with van der Waals surface area (Å²) < 4.78 is 18.2. The second-order valence-corrected chi connectivity index (χ2v) is 11.8. The number of benzene rings is 2. The highest BCUT2D eigenvalue weighted by atomic mass is 35.5. The highest BCUT2D eigenvalue weighted by Gasteiger charge is 2.42. The number of methoxy groups -OCH3 is 1. The summed E-state index contributed by atoms with van der Waals surface area (Å²) in [5.41, 5.74) is 1.68. The molecule has 0 aromatic heterocycles. The Morgan fingerprint density at radius 1 is 0.973 bits per heavy atom. The Morgan fingerprint density at radius 2 is 1.68 bits per heavy atom. The second kappa shape index (κ2) is 12.5. The first kappa shape index (κ1) is 27.7. The minimum atomic E-state index is -0.370. The lowest BCUT2D eigenvalue weighted by Gasteiger charge is -2.28. The summed E-state index contributed by atoms with van der Waals surface area (Å²) in [6.45, 7) is 10.7. The van der Waals surface area contributed by atoms with Gasteiger partial charge in [0.15, 0.2) is 11.5 Å². The molecule has 2 aromatic carbocycles. The highest BCUT2D eigenvalue weighted by Crippen LogP contribution is 2.40. The van der Waals surface area contributed by atoms with Gasteiger partial charge in [-0.2, -0.15) is 0 Å². The smallest absolute Gasteiger partial charge is 0.236 e. The van der Waals surface area contributed by atoms with E-state index >= 15 is 0 Å². The van der Waals surface area contributed by atoms with E-state index in [2.05, 4.69) is 25.7 Å². The van der Waals surface area contributed by atoms with E-state index in [-0.39, 0.29) is 23.5 Å². The number of carbonyl (C=O) groups excluding carboxylic acids is 1. The van der Waals surface area contributed by atoms with Crippen molar-refractivity contribution < 1.29 is 19.0 Å². The topological polar surface area (TPSA) is 51.2 Å². The van der Waals surface area contributed by atoms with Crippen LogP contribution in [-0.4, -0.2) is 57.0 Å². The maximum Gasteiger partial charge on any atom is 0.236 e. The number of amides is 1. The average molecular weight is 529 g/mol. The van der Waals surface area contributed by atoms with Gasteiger partial charge in [0.05, 0.1) is 25.3 Å². The van der Waals surface area contributed by atoms with Crippen molar-refractivity contribution in [2.75, 3.05) is 44.9 Å². The van der Waals surface area contributed by atoms with Crippen LogP contribution in [0, 0.1) is 5.41 Å². The highest BCUT2D eigenvalue weighted by molar-refractivity contribution is 6.30. The van der Waals surface area contributed by atoms with E-state index in [1.807, 2.05) is 42.5 Å². The maximum absolute atomic E-state index is 13.8. The van der Waals surface area contributed by atoms with E-state index in [0.29, 0.717) is 36.2 Å². The average Bonchev–Trinajstić information content (AvgIpc) is 3.01. The van der Waals surface area contributed by atoms with Gasteiger partial charge in [0.25, 0.3) is 0 Å². The summed E-state index contributed by atoms with van der Waals surface area (Å²) in [6.07, 6.45) is 5.33.